The van der Waals surface area contributed by atoms with Gasteiger partial charge in [-0.2, -0.15) is 0 Å². The van der Waals surface area contributed by atoms with Crippen molar-refractivity contribution in [3.63, 3.8) is 0 Å². The molecule has 0 aromatic rings. The molecule has 0 saturated carbocycles. The molecule has 0 heterocycles. The first-order valence-corrected chi connectivity index (χ1v) is 26.1. The molecule has 0 aromatic heterocycles. The van der Waals surface area contributed by atoms with Gasteiger partial charge in [0.05, 0.1) is 0 Å². The average molecular weight is 787 g/mol. The van der Waals surface area contributed by atoms with E-state index < -0.39 is 0 Å². The fraction of sp³-hybridized carbons (Fsp3) is 0.944. The molecule has 0 amide bonds. The van der Waals surface area contributed by atoms with Crippen LogP contribution in [0.25, 0.3) is 0 Å². The normalized spacial score (nSPS) is 10.8. The minimum atomic E-state index is 0. The summed E-state index contributed by atoms with van der Waals surface area (Å²) in [4.78, 5) is 0. The predicted octanol–water partition coefficient (Wildman–Crippen LogP) is 20.9. The number of rotatable bonds is 45. The smallest absolute Gasteiger partial charge is 0 e. The Hall–Kier alpha value is 0.532. The van der Waals surface area contributed by atoms with Crippen LogP contribution < -0.4 is 0 Å². The summed E-state index contributed by atoms with van der Waals surface area (Å²) in [5.41, 5.74) is 0. The number of unbranched alkanes of at least 4 members (excludes halogenated alkanes) is 45. The molecule has 0 aromatic carbocycles. The average Bonchev–Trinajstić information content (AvgIpc) is 3.19. The second-order valence-corrected chi connectivity index (χ2v) is 17.4. The maximum atomic E-state index is 3.88. The van der Waals surface area contributed by atoms with Gasteiger partial charge in [0, 0.05) is 17.4 Å². The molecule has 0 N–H and O–H groups in total. The van der Waals surface area contributed by atoms with E-state index in [1.165, 1.54) is 289 Å². The molecule has 0 aliphatic heterocycles. The van der Waals surface area contributed by atoms with E-state index in [9.17, 15) is 0 Å². The minimum absolute atomic E-state index is 0. The molecule has 0 aliphatic carbocycles. The van der Waals surface area contributed by atoms with Gasteiger partial charge in [-0.3, -0.25) is 0 Å². The zero-order chi connectivity index (χ0) is 39.9. The second-order valence-electron chi connectivity index (χ2n) is 17.4. The van der Waals surface area contributed by atoms with Crippen molar-refractivity contribution in [3.8, 4) is 0 Å². The third-order valence-electron chi connectivity index (χ3n) is 11.6. The van der Waals surface area contributed by atoms with E-state index in [1.54, 1.807) is 0 Å². The van der Waals surface area contributed by atoms with Gasteiger partial charge in [0.25, 0.3) is 0 Å². The fourth-order valence-electron chi connectivity index (χ4n) is 7.64. The quantitative estimate of drug-likeness (QED) is 0.0426. The first kappa shape index (κ1) is 62.2. The summed E-state index contributed by atoms with van der Waals surface area (Å²) in [7, 11) is 0. The van der Waals surface area contributed by atoms with Crippen LogP contribution >= 0.6 is 0 Å². The molecule has 0 spiro atoms. The van der Waals surface area contributed by atoms with Crippen molar-refractivity contribution in [2.45, 2.75) is 329 Å². The SMILES string of the molecule is [Al].[CH2]CCCCCCCCCCCCCCCCC.[CH2]CCCCCCCCCCCCCCCCC.[CH2]CCCCCCCCCCCCCCCCC. The highest BCUT2D eigenvalue weighted by Crippen LogP contribution is 2.16. The number of hydrogen-bond acceptors (Lipinski definition) is 0. The predicted molar refractivity (Wildman–Crippen MR) is 260 cm³/mol. The van der Waals surface area contributed by atoms with Crippen LogP contribution in [-0.4, -0.2) is 17.4 Å². The summed E-state index contributed by atoms with van der Waals surface area (Å²) in [5, 5.41) is 0. The fourth-order valence-corrected chi connectivity index (χ4v) is 7.64. The lowest BCUT2D eigenvalue weighted by Crippen LogP contribution is -1.83. The molecule has 0 atom stereocenters. The van der Waals surface area contributed by atoms with E-state index in [-0.39, 0.29) is 17.4 Å². The molecule has 0 rings (SSSR count). The van der Waals surface area contributed by atoms with Gasteiger partial charge in [0.1, 0.15) is 0 Å². The topological polar surface area (TPSA) is 0 Å². The van der Waals surface area contributed by atoms with Gasteiger partial charge < -0.3 is 0 Å². The summed E-state index contributed by atoms with van der Waals surface area (Å²) in [6.07, 6.45) is 68.5. The lowest BCUT2D eigenvalue weighted by molar-refractivity contribution is 0.533. The van der Waals surface area contributed by atoms with Gasteiger partial charge in [-0.25, -0.2) is 0 Å². The van der Waals surface area contributed by atoms with Crippen LogP contribution in [0.4, 0.5) is 0 Å². The van der Waals surface area contributed by atoms with Crippen molar-refractivity contribution >= 4 is 17.4 Å². The molecule has 6 radical (unpaired) electrons. The third kappa shape index (κ3) is 72.6. The van der Waals surface area contributed by atoms with Crippen LogP contribution in [0.2, 0.25) is 0 Å². The Kier molecular flexibility index (Phi) is 75.0. The van der Waals surface area contributed by atoms with Gasteiger partial charge in [-0.15, -0.1) is 0 Å². The molecule has 0 nitrogen and oxygen atoms in total. The molecule has 0 saturated heterocycles. The molecule has 0 aliphatic rings. The first-order valence-electron chi connectivity index (χ1n) is 26.1. The van der Waals surface area contributed by atoms with E-state index in [4.69, 9.17) is 0 Å². The Morgan fingerprint density at radius 3 is 0.345 bits per heavy atom. The monoisotopic (exact) mass is 787 g/mol. The molecule has 1 heteroatoms. The van der Waals surface area contributed by atoms with E-state index >= 15 is 0 Å². The van der Waals surface area contributed by atoms with Crippen molar-refractivity contribution in [2.75, 3.05) is 0 Å². The Balaban J connectivity index is -0.000000351. The molecule has 0 fully saturated rings. The zero-order valence-corrected chi connectivity index (χ0v) is 40.8. The highest BCUT2D eigenvalue weighted by atomic mass is 27.0. The van der Waals surface area contributed by atoms with E-state index in [0.717, 1.165) is 19.3 Å². The maximum absolute atomic E-state index is 3.88. The van der Waals surface area contributed by atoms with Crippen LogP contribution in [0.1, 0.15) is 329 Å². The van der Waals surface area contributed by atoms with Gasteiger partial charge in [0.15, 0.2) is 0 Å². The standard InChI is InChI=1S/3C18H37.Al/c3*1-3-5-7-9-11-13-15-17-18-16-14-12-10-8-6-4-2;/h3*1,3-18H2,2H3;. The van der Waals surface area contributed by atoms with Gasteiger partial charge >= 0.3 is 0 Å². The zero-order valence-electron chi connectivity index (χ0n) is 39.6. The number of hydrogen-bond donors (Lipinski definition) is 0. The lowest BCUT2D eigenvalue weighted by atomic mass is 10.0. The summed E-state index contributed by atoms with van der Waals surface area (Å²) in [6, 6.07) is 0. The third-order valence-corrected chi connectivity index (χ3v) is 11.6. The Labute approximate surface area is 365 Å². The molecular weight excluding hydrogens is 676 g/mol. The first-order chi connectivity index (χ1) is 26.7. The summed E-state index contributed by atoms with van der Waals surface area (Å²) in [5.74, 6) is 0. The molecule has 0 unspecified atom stereocenters. The van der Waals surface area contributed by atoms with Gasteiger partial charge in [0.2, 0.25) is 0 Å². The van der Waals surface area contributed by atoms with Crippen LogP contribution in [0, 0.1) is 20.8 Å². The van der Waals surface area contributed by atoms with Crippen molar-refractivity contribution in [1.29, 1.82) is 0 Å². The van der Waals surface area contributed by atoms with E-state index in [1.807, 2.05) is 0 Å². The van der Waals surface area contributed by atoms with Crippen LogP contribution in [-0.2, 0) is 0 Å². The largest absolute Gasteiger partial charge is 0.0654 e. The summed E-state index contributed by atoms with van der Waals surface area (Å²) >= 11 is 0. The van der Waals surface area contributed by atoms with Crippen LogP contribution in [0.3, 0.4) is 0 Å². The van der Waals surface area contributed by atoms with E-state index in [0.29, 0.717) is 0 Å². The van der Waals surface area contributed by atoms with Gasteiger partial charge in [-0.1, -0.05) is 350 Å². The maximum Gasteiger partial charge on any atom is 0 e. The van der Waals surface area contributed by atoms with Crippen molar-refractivity contribution in [3.05, 3.63) is 20.8 Å². The summed E-state index contributed by atoms with van der Waals surface area (Å²) in [6.45, 7) is 18.5. The van der Waals surface area contributed by atoms with Gasteiger partial charge in [-0.05, 0) is 0 Å². The summed E-state index contributed by atoms with van der Waals surface area (Å²) < 4.78 is 0. The Bertz CT molecular complexity index is 419. The molecule has 330 valence electrons. The van der Waals surface area contributed by atoms with Crippen LogP contribution in [0.15, 0.2) is 0 Å². The Morgan fingerprint density at radius 2 is 0.255 bits per heavy atom. The van der Waals surface area contributed by atoms with E-state index in [2.05, 4.69) is 41.5 Å². The molecular formula is C54H111Al. The highest BCUT2D eigenvalue weighted by Gasteiger charge is 1.96. The molecule has 0 bridgehead atoms. The Morgan fingerprint density at radius 1 is 0.164 bits per heavy atom. The van der Waals surface area contributed by atoms with Crippen molar-refractivity contribution in [2.24, 2.45) is 0 Å². The lowest BCUT2D eigenvalue weighted by Gasteiger charge is -2.03. The minimum Gasteiger partial charge on any atom is -0.0654 e. The van der Waals surface area contributed by atoms with Crippen LogP contribution in [0.5, 0.6) is 0 Å². The van der Waals surface area contributed by atoms with Crippen molar-refractivity contribution in [1.82, 2.24) is 0 Å². The second kappa shape index (κ2) is 66.3. The molecule has 55 heavy (non-hydrogen) atoms. The van der Waals surface area contributed by atoms with Crippen molar-refractivity contribution < 1.29 is 0 Å². The highest BCUT2D eigenvalue weighted by molar-refractivity contribution is 5.75.